The van der Waals surface area contributed by atoms with Crippen molar-refractivity contribution >= 4 is 28.4 Å². The van der Waals surface area contributed by atoms with Gasteiger partial charge in [-0.1, -0.05) is 63.4 Å². The largest absolute Gasteiger partial charge is 0.333 e. The molecule has 5 nitrogen and oxygen atoms in total. The molecule has 0 fully saturated rings. The van der Waals surface area contributed by atoms with E-state index in [1.54, 1.807) is 10.6 Å². The molecule has 6 heteroatoms. The maximum Gasteiger partial charge on any atom is 0.266 e. The highest BCUT2D eigenvalue weighted by Gasteiger charge is 2.27. The van der Waals surface area contributed by atoms with E-state index >= 15 is 0 Å². The molecule has 1 heterocycles. The molecule has 1 atom stereocenters. The minimum Gasteiger partial charge on any atom is -0.333 e. The van der Waals surface area contributed by atoms with Crippen LogP contribution in [0, 0.1) is 12.8 Å². The third-order valence-corrected chi connectivity index (χ3v) is 6.79. The minimum atomic E-state index is -0.372. The molecule has 0 aliphatic rings. The van der Waals surface area contributed by atoms with Gasteiger partial charge in [0.2, 0.25) is 5.91 Å². The predicted molar refractivity (Wildman–Crippen MR) is 141 cm³/mol. The van der Waals surface area contributed by atoms with Crippen LogP contribution in [-0.2, 0) is 4.79 Å². The molecule has 0 saturated heterocycles. The van der Waals surface area contributed by atoms with Gasteiger partial charge in [0.25, 0.3) is 5.56 Å². The quantitative estimate of drug-likeness (QED) is 0.297. The summed E-state index contributed by atoms with van der Waals surface area (Å²) in [6, 6.07) is 12.5. The molecule has 1 unspecified atom stereocenters. The summed E-state index contributed by atoms with van der Waals surface area (Å²) in [7, 11) is 0. The Morgan fingerprint density at radius 1 is 1.09 bits per heavy atom. The lowest BCUT2D eigenvalue weighted by Crippen LogP contribution is -2.38. The second-order valence-electron chi connectivity index (χ2n) is 9.41. The molecule has 34 heavy (non-hydrogen) atoms. The Morgan fingerprint density at radius 3 is 2.53 bits per heavy atom. The minimum absolute atomic E-state index is 0.110. The first-order valence-electron chi connectivity index (χ1n) is 12.3. The topological polar surface area (TPSA) is 55.2 Å². The first-order chi connectivity index (χ1) is 16.3. The number of carbonyl (C=O) groups is 1. The number of unbranched alkanes of at least 4 members (excludes halogenated alkanes) is 2. The molecule has 182 valence electrons. The summed E-state index contributed by atoms with van der Waals surface area (Å²) in [5.74, 6) is 1.13. The van der Waals surface area contributed by atoms with E-state index in [0.717, 1.165) is 31.2 Å². The molecular weight excluding hydrogens is 446 g/mol. The monoisotopic (exact) mass is 481 g/mol. The number of halogens is 1. The highest BCUT2D eigenvalue weighted by molar-refractivity contribution is 6.31. The number of rotatable bonds is 10. The maximum absolute atomic E-state index is 13.8. The molecule has 3 aromatic rings. The van der Waals surface area contributed by atoms with Crippen LogP contribution in [0.4, 0.5) is 0 Å². The number of para-hydroxylation sites is 1. The van der Waals surface area contributed by atoms with Crippen molar-refractivity contribution in [2.24, 2.45) is 5.92 Å². The molecule has 0 bridgehead atoms. The van der Waals surface area contributed by atoms with E-state index in [2.05, 4.69) is 20.8 Å². The third kappa shape index (κ3) is 5.69. The first-order valence-corrected chi connectivity index (χ1v) is 12.7. The number of nitrogens with zero attached hydrogens (tertiary/aromatic N) is 3. The van der Waals surface area contributed by atoms with Crippen LogP contribution in [0.2, 0.25) is 5.02 Å². The average Bonchev–Trinajstić information content (AvgIpc) is 2.81. The van der Waals surface area contributed by atoms with Crippen LogP contribution in [0.25, 0.3) is 16.6 Å². The van der Waals surface area contributed by atoms with Gasteiger partial charge in [0, 0.05) is 18.0 Å². The zero-order valence-corrected chi connectivity index (χ0v) is 21.7. The summed E-state index contributed by atoms with van der Waals surface area (Å²) in [6.07, 6.45) is 4.35. The Labute approximate surface area is 207 Å². The molecule has 1 aromatic heterocycles. The van der Waals surface area contributed by atoms with Crippen LogP contribution in [0.15, 0.2) is 47.3 Å². The fourth-order valence-corrected chi connectivity index (χ4v) is 4.41. The summed E-state index contributed by atoms with van der Waals surface area (Å²) < 4.78 is 1.65. The van der Waals surface area contributed by atoms with E-state index in [9.17, 15) is 9.59 Å². The van der Waals surface area contributed by atoms with Gasteiger partial charge in [-0.15, -0.1) is 0 Å². The van der Waals surface area contributed by atoms with Gasteiger partial charge in [0.05, 0.1) is 22.6 Å². The maximum atomic E-state index is 13.8. The number of hydrogen-bond acceptors (Lipinski definition) is 3. The molecule has 0 aliphatic heterocycles. The normalized spacial score (nSPS) is 12.3. The third-order valence-electron chi connectivity index (χ3n) is 6.38. The Morgan fingerprint density at radius 2 is 1.82 bits per heavy atom. The number of carbonyl (C=O) groups excluding carboxylic acids is 1. The SMILES string of the molecule is CCCCCC(=O)N(CCC(C)C)C(C)c1nc2ccccc2c(=O)n1-c1cccc(Cl)c1C. The molecule has 3 rings (SSSR count). The highest BCUT2D eigenvalue weighted by atomic mass is 35.5. The molecule has 0 aliphatic carbocycles. The van der Waals surface area contributed by atoms with Crippen molar-refractivity contribution in [3.63, 3.8) is 0 Å². The van der Waals surface area contributed by atoms with E-state index in [0.29, 0.717) is 46.3 Å². The number of amides is 1. The van der Waals surface area contributed by atoms with Crippen molar-refractivity contribution < 1.29 is 4.79 Å². The molecule has 2 aromatic carbocycles. The van der Waals surface area contributed by atoms with E-state index < -0.39 is 0 Å². The van der Waals surface area contributed by atoms with Crippen LogP contribution in [0.5, 0.6) is 0 Å². The van der Waals surface area contributed by atoms with Crippen LogP contribution in [-0.4, -0.2) is 26.9 Å². The van der Waals surface area contributed by atoms with Gasteiger partial charge in [-0.2, -0.15) is 0 Å². The highest BCUT2D eigenvalue weighted by Crippen LogP contribution is 2.28. The van der Waals surface area contributed by atoms with Crippen molar-refractivity contribution in [1.82, 2.24) is 14.5 Å². The van der Waals surface area contributed by atoms with Crippen molar-refractivity contribution in [2.75, 3.05) is 6.54 Å². The van der Waals surface area contributed by atoms with E-state index in [1.165, 1.54) is 0 Å². The predicted octanol–water partition coefficient (Wildman–Crippen LogP) is 6.86. The average molecular weight is 482 g/mol. The van der Waals surface area contributed by atoms with Crippen LogP contribution in [0.1, 0.15) is 77.2 Å². The summed E-state index contributed by atoms with van der Waals surface area (Å²) >= 11 is 6.43. The number of hydrogen-bond donors (Lipinski definition) is 0. The van der Waals surface area contributed by atoms with Crippen molar-refractivity contribution in [2.45, 2.75) is 72.8 Å². The molecule has 0 radical (unpaired) electrons. The molecular formula is C28H36ClN3O2. The smallest absolute Gasteiger partial charge is 0.266 e. The fourth-order valence-electron chi connectivity index (χ4n) is 4.24. The Hall–Kier alpha value is -2.66. The van der Waals surface area contributed by atoms with Crippen LogP contribution in [0.3, 0.4) is 0 Å². The molecule has 0 N–H and O–H groups in total. The Bertz CT molecular complexity index is 1200. The van der Waals surface area contributed by atoms with E-state index in [-0.39, 0.29) is 17.5 Å². The van der Waals surface area contributed by atoms with Gasteiger partial charge >= 0.3 is 0 Å². The number of aromatic nitrogens is 2. The summed E-state index contributed by atoms with van der Waals surface area (Å²) in [6.45, 7) is 11.0. The molecule has 0 spiro atoms. The zero-order chi connectivity index (χ0) is 24.8. The molecule has 0 saturated carbocycles. The second-order valence-corrected chi connectivity index (χ2v) is 9.82. The van der Waals surface area contributed by atoms with Crippen LogP contribution >= 0.6 is 11.6 Å². The first kappa shape index (κ1) is 26.0. The summed E-state index contributed by atoms with van der Waals surface area (Å²) in [5, 5.41) is 1.13. The van der Waals surface area contributed by atoms with Crippen molar-refractivity contribution in [1.29, 1.82) is 0 Å². The summed E-state index contributed by atoms with van der Waals surface area (Å²) in [5.41, 5.74) is 1.98. The van der Waals surface area contributed by atoms with Gasteiger partial charge in [0.15, 0.2) is 0 Å². The Balaban J connectivity index is 2.19. The van der Waals surface area contributed by atoms with Gasteiger partial charge in [-0.3, -0.25) is 14.2 Å². The molecule has 1 amide bonds. The summed E-state index contributed by atoms with van der Waals surface area (Å²) in [4.78, 5) is 34.0. The standard InChI is InChI=1S/C28H36ClN3O2/c1-6-7-8-16-26(33)31(18-17-19(2)3)21(5)27-30-24-14-10-9-12-22(24)28(34)32(27)25-15-11-13-23(29)20(25)4/h9-15,19,21H,6-8,16-18H2,1-5H3. The van der Waals surface area contributed by atoms with E-state index in [1.807, 2.05) is 55.1 Å². The van der Waals surface area contributed by atoms with Gasteiger partial charge in [-0.25, -0.2) is 4.98 Å². The number of benzene rings is 2. The van der Waals surface area contributed by atoms with Crippen molar-refractivity contribution in [3.8, 4) is 5.69 Å². The van der Waals surface area contributed by atoms with Gasteiger partial charge in [-0.05, 0) is 62.4 Å². The van der Waals surface area contributed by atoms with Crippen LogP contribution < -0.4 is 5.56 Å². The lowest BCUT2D eigenvalue weighted by Gasteiger charge is -2.31. The van der Waals surface area contributed by atoms with E-state index in [4.69, 9.17) is 16.6 Å². The Kier molecular flexibility index (Phi) is 8.90. The second kappa shape index (κ2) is 11.7. The van der Waals surface area contributed by atoms with Gasteiger partial charge < -0.3 is 4.90 Å². The fraction of sp³-hybridized carbons (Fsp3) is 0.464. The number of fused-ring (bicyclic) bond motifs is 1. The van der Waals surface area contributed by atoms with Crippen molar-refractivity contribution in [3.05, 3.63) is 69.2 Å². The lowest BCUT2D eigenvalue weighted by molar-refractivity contribution is -0.133. The van der Waals surface area contributed by atoms with Gasteiger partial charge in [0.1, 0.15) is 5.82 Å². The zero-order valence-electron chi connectivity index (χ0n) is 21.0. The lowest BCUT2D eigenvalue weighted by atomic mass is 10.1.